The van der Waals surface area contributed by atoms with Crippen LogP contribution in [0, 0.1) is 0 Å². The van der Waals surface area contributed by atoms with Gasteiger partial charge in [-0.1, -0.05) is 0 Å². The Morgan fingerprint density at radius 1 is 1.31 bits per heavy atom. The fraction of sp³-hybridized carbons (Fsp3) is 0.800. The molecule has 0 spiro atoms. The summed E-state index contributed by atoms with van der Waals surface area (Å²) in [6, 6.07) is 0. The van der Waals surface area contributed by atoms with Crippen LogP contribution in [-0.4, -0.2) is 46.6 Å². The van der Waals surface area contributed by atoms with Gasteiger partial charge >= 0.3 is 35.3 Å². The van der Waals surface area contributed by atoms with E-state index in [2.05, 4.69) is 8.92 Å². The van der Waals surface area contributed by atoms with Crippen LogP contribution in [0.3, 0.4) is 0 Å². The standard InChI is InChI=1S/C5H11NO5S.Li.H/c1-3-10-5(7)6-12(8,9)11-4-2;;/h3-4H2,1-2H3,(H,6,7);;. The average Bonchev–Trinajstić information content (AvgIpc) is 1.85. The minimum absolute atomic E-state index is 0. The van der Waals surface area contributed by atoms with Crippen molar-refractivity contribution in [3.05, 3.63) is 0 Å². The second-order valence-electron chi connectivity index (χ2n) is 1.68. The van der Waals surface area contributed by atoms with Crippen molar-refractivity contribution in [3.63, 3.8) is 0 Å². The third-order valence-corrected chi connectivity index (χ3v) is 1.72. The Morgan fingerprint density at radius 3 is 2.23 bits per heavy atom. The molecule has 6 nitrogen and oxygen atoms in total. The fourth-order valence-corrected chi connectivity index (χ4v) is 1.08. The Morgan fingerprint density at radius 2 is 1.85 bits per heavy atom. The predicted molar refractivity (Wildman–Crippen MR) is 47.9 cm³/mol. The first-order chi connectivity index (χ1) is 5.52. The molecule has 0 bridgehead atoms. The number of carbonyl (C=O) groups is 1. The first kappa shape index (κ1) is 15.3. The zero-order valence-electron chi connectivity index (χ0n) is 6.86. The van der Waals surface area contributed by atoms with Gasteiger partial charge in [0.25, 0.3) is 0 Å². The molecule has 0 saturated heterocycles. The molecule has 0 aromatic rings. The Bertz CT molecular complexity index is 239. The van der Waals surface area contributed by atoms with Gasteiger partial charge in [-0.15, -0.1) is 0 Å². The first-order valence-electron chi connectivity index (χ1n) is 3.35. The molecular formula is C5H12LiNO5S. The summed E-state index contributed by atoms with van der Waals surface area (Å²) in [5.41, 5.74) is 0. The Balaban J connectivity index is 0. The minimum atomic E-state index is -3.98. The van der Waals surface area contributed by atoms with Crippen LogP contribution in [0.4, 0.5) is 4.79 Å². The second-order valence-corrected chi connectivity index (χ2v) is 3.03. The van der Waals surface area contributed by atoms with Crippen molar-refractivity contribution in [1.82, 2.24) is 4.72 Å². The first-order valence-corrected chi connectivity index (χ1v) is 4.76. The van der Waals surface area contributed by atoms with E-state index in [1.807, 2.05) is 0 Å². The van der Waals surface area contributed by atoms with Crippen LogP contribution in [0.5, 0.6) is 0 Å². The normalized spacial score (nSPS) is 10.0. The van der Waals surface area contributed by atoms with Gasteiger partial charge in [0.1, 0.15) is 0 Å². The van der Waals surface area contributed by atoms with Gasteiger partial charge in [-0.2, -0.15) is 13.1 Å². The number of ether oxygens (including phenoxy) is 1. The second kappa shape index (κ2) is 7.21. The Kier molecular flexibility index (Phi) is 8.46. The average molecular weight is 205 g/mol. The molecule has 8 heteroatoms. The molecule has 0 aliphatic rings. The summed E-state index contributed by atoms with van der Waals surface area (Å²) in [4.78, 5) is 10.5. The summed E-state index contributed by atoms with van der Waals surface area (Å²) in [7, 11) is -3.98. The van der Waals surface area contributed by atoms with E-state index >= 15 is 0 Å². The van der Waals surface area contributed by atoms with E-state index in [4.69, 9.17) is 0 Å². The van der Waals surface area contributed by atoms with Crippen LogP contribution in [0.25, 0.3) is 0 Å². The maximum atomic E-state index is 10.7. The fourth-order valence-electron chi connectivity index (χ4n) is 0.447. The monoisotopic (exact) mass is 205 g/mol. The molecule has 1 N–H and O–H groups in total. The molecular weight excluding hydrogens is 193 g/mol. The molecule has 0 heterocycles. The number of rotatable bonds is 4. The zero-order chi connectivity index (χ0) is 9.61. The van der Waals surface area contributed by atoms with Crippen molar-refractivity contribution >= 4 is 35.3 Å². The van der Waals surface area contributed by atoms with E-state index in [-0.39, 0.29) is 32.1 Å². The van der Waals surface area contributed by atoms with Gasteiger partial charge in [-0.25, -0.2) is 4.79 Å². The van der Waals surface area contributed by atoms with E-state index in [9.17, 15) is 13.2 Å². The van der Waals surface area contributed by atoms with E-state index in [0.717, 1.165) is 0 Å². The van der Waals surface area contributed by atoms with Crippen LogP contribution in [0.15, 0.2) is 0 Å². The molecule has 0 radical (unpaired) electrons. The van der Waals surface area contributed by atoms with Crippen molar-refractivity contribution in [2.45, 2.75) is 13.8 Å². The quantitative estimate of drug-likeness (QED) is 0.617. The molecule has 0 aliphatic heterocycles. The number of nitrogens with one attached hydrogen (secondary N) is 1. The van der Waals surface area contributed by atoms with Gasteiger partial charge in [0.05, 0.1) is 13.2 Å². The van der Waals surface area contributed by atoms with Crippen molar-refractivity contribution in [1.29, 1.82) is 0 Å². The molecule has 0 atom stereocenters. The third kappa shape index (κ3) is 8.12. The summed E-state index contributed by atoms with van der Waals surface area (Å²) in [6.45, 7) is 3.12. The van der Waals surface area contributed by atoms with Crippen molar-refractivity contribution in [3.8, 4) is 0 Å². The van der Waals surface area contributed by atoms with Crippen molar-refractivity contribution < 1.29 is 22.1 Å². The van der Waals surface area contributed by atoms with E-state index < -0.39 is 16.4 Å². The number of amides is 1. The number of hydrogen-bond donors (Lipinski definition) is 1. The molecule has 13 heavy (non-hydrogen) atoms. The van der Waals surface area contributed by atoms with E-state index in [0.29, 0.717) is 0 Å². The van der Waals surface area contributed by atoms with Gasteiger partial charge < -0.3 is 4.74 Å². The summed E-state index contributed by atoms with van der Waals surface area (Å²) >= 11 is 0. The summed E-state index contributed by atoms with van der Waals surface area (Å²) < 4.78 is 31.4. The molecule has 74 valence electrons. The third-order valence-electron chi connectivity index (χ3n) is 0.757. The van der Waals surface area contributed by atoms with Gasteiger partial charge in [0.2, 0.25) is 0 Å². The molecule has 0 unspecified atom stereocenters. The maximum absolute atomic E-state index is 10.7. The molecule has 0 rings (SSSR count). The van der Waals surface area contributed by atoms with Crippen molar-refractivity contribution in [2.24, 2.45) is 0 Å². The topological polar surface area (TPSA) is 81.7 Å². The van der Waals surface area contributed by atoms with E-state index in [1.54, 1.807) is 11.6 Å². The number of hydrogen-bond acceptors (Lipinski definition) is 5. The van der Waals surface area contributed by atoms with Gasteiger partial charge in [-0.3, -0.25) is 4.18 Å². The molecule has 0 saturated carbocycles. The Hall–Kier alpha value is -0.223. The molecule has 0 fully saturated rings. The summed E-state index contributed by atoms with van der Waals surface area (Å²) in [5, 5.41) is 0. The Labute approximate surface area is 89.4 Å². The van der Waals surface area contributed by atoms with Crippen LogP contribution in [-0.2, 0) is 19.2 Å². The SMILES string of the molecule is CCOC(=O)NS(=O)(=O)OCC.[LiH]. The van der Waals surface area contributed by atoms with Gasteiger partial charge in [0.15, 0.2) is 0 Å². The summed E-state index contributed by atoms with van der Waals surface area (Å²) in [5.74, 6) is 0. The zero-order valence-corrected chi connectivity index (χ0v) is 7.68. The molecule has 0 aliphatic carbocycles. The summed E-state index contributed by atoms with van der Waals surface area (Å²) in [6.07, 6.45) is -1.04. The van der Waals surface area contributed by atoms with Crippen LogP contribution >= 0.6 is 0 Å². The molecule has 1 amide bonds. The number of carbonyl (C=O) groups excluding carboxylic acids is 1. The van der Waals surface area contributed by atoms with Crippen LogP contribution in [0.2, 0.25) is 0 Å². The van der Waals surface area contributed by atoms with Crippen LogP contribution in [0.1, 0.15) is 13.8 Å². The van der Waals surface area contributed by atoms with Crippen LogP contribution < -0.4 is 4.72 Å². The van der Waals surface area contributed by atoms with E-state index in [1.165, 1.54) is 6.92 Å². The van der Waals surface area contributed by atoms with Gasteiger partial charge in [-0.05, 0) is 13.8 Å². The predicted octanol–water partition coefficient (Wildman–Crippen LogP) is -0.635. The van der Waals surface area contributed by atoms with Gasteiger partial charge in [0, 0.05) is 0 Å². The molecule has 0 aromatic carbocycles. The van der Waals surface area contributed by atoms with Crippen molar-refractivity contribution in [2.75, 3.05) is 13.2 Å². The molecule has 0 aromatic heterocycles.